The number of esters is 1. The van der Waals surface area contributed by atoms with Crippen LogP contribution in [0.4, 0.5) is 5.69 Å². The molecule has 0 bridgehead atoms. The first kappa shape index (κ1) is 25.2. The van der Waals surface area contributed by atoms with Gasteiger partial charge in [0.05, 0.1) is 0 Å². The quantitative estimate of drug-likeness (QED) is 0.376. The van der Waals surface area contributed by atoms with Gasteiger partial charge in [0.25, 0.3) is 0 Å². The standard InChI is InChI=1S/C27H38NO4P/c1-5-24(27(30)28-26-20(2)16-23(31-4)17-21(26)3)33(14-10-7-11-15-33)19-25(29)32-18-22-12-8-6-9-13-22/h6,8-9,12-13,16-17,24,33H,5,7,10-11,14-15,18-19H2,1-4H3,(H,28,30). The Bertz CT molecular complexity index is 931. The van der Waals surface area contributed by atoms with Crippen molar-refractivity contribution in [2.75, 3.05) is 30.9 Å². The van der Waals surface area contributed by atoms with Gasteiger partial charge in [-0.05, 0) is 0 Å². The fraction of sp³-hybridized carbons (Fsp3) is 0.481. The Balaban J connectivity index is 1.76. The van der Waals surface area contributed by atoms with E-state index in [9.17, 15) is 9.59 Å². The van der Waals surface area contributed by atoms with Crippen molar-refractivity contribution in [3.8, 4) is 5.75 Å². The monoisotopic (exact) mass is 471 g/mol. The number of hydrogen-bond donors (Lipinski definition) is 1. The maximum absolute atomic E-state index is 13.6. The van der Waals surface area contributed by atoms with Crippen LogP contribution in [0.3, 0.4) is 0 Å². The molecule has 1 amide bonds. The molecule has 5 nitrogen and oxygen atoms in total. The van der Waals surface area contributed by atoms with Crippen LogP contribution in [0.25, 0.3) is 0 Å². The van der Waals surface area contributed by atoms with Gasteiger partial charge in [-0.2, -0.15) is 0 Å². The van der Waals surface area contributed by atoms with Crippen LogP contribution < -0.4 is 10.1 Å². The van der Waals surface area contributed by atoms with Gasteiger partial charge in [0, 0.05) is 0 Å². The summed E-state index contributed by atoms with van der Waals surface area (Å²) in [5, 5.41) is 3.22. The number of hydrogen-bond acceptors (Lipinski definition) is 4. The zero-order valence-electron chi connectivity index (χ0n) is 20.4. The van der Waals surface area contributed by atoms with Crippen LogP contribution in [-0.4, -0.2) is 43.1 Å². The molecule has 6 heteroatoms. The van der Waals surface area contributed by atoms with E-state index in [0.717, 1.165) is 59.7 Å². The second kappa shape index (κ2) is 11.7. The van der Waals surface area contributed by atoms with Gasteiger partial charge in [-0.25, -0.2) is 0 Å². The van der Waals surface area contributed by atoms with Gasteiger partial charge in [0.2, 0.25) is 0 Å². The average molecular weight is 472 g/mol. The van der Waals surface area contributed by atoms with Crippen LogP contribution in [0.15, 0.2) is 42.5 Å². The summed E-state index contributed by atoms with van der Waals surface area (Å²) in [7, 11) is -0.546. The number of benzene rings is 2. The molecule has 1 saturated heterocycles. The molecule has 1 heterocycles. The second-order valence-corrected chi connectivity index (χ2v) is 14.1. The first-order chi connectivity index (χ1) is 15.9. The summed E-state index contributed by atoms with van der Waals surface area (Å²) in [5.74, 6) is 0.683. The normalized spacial score (nSPS) is 17.0. The molecule has 0 radical (unpaired) electrons. The summed E-state index contributed by atoms with van der Waals surface area (Å²) in [6.45, 7) is 6.34. The van der Waals surface area contributed by atoms with Gasteiger partial charge in [-0.1, -0.05) is 0 Å². The average Bonchev–Trinajstić information content (AvgIpc) is 2.81. The summed E-state index contributed by atoms with van der Waals surface area (Å²) < 4.78 is 11.0. The number of ether oxygens (including phenoxy) is 2. The topological polar surface area (TPSA) is 64.6 Å². The van der Waals surface area contributed by atoms with Gasteiger partial charge in [-0.3, -0.25) is 0 Å². The maximum atomic E-state index is 13.6. The van der Waals surface area contributed by atoms with Crippen LogP contribution in [0.2, 0.25) is 0 Å². The van der Waals surface area contributed by atoms with Crippen LogP contribution in [0, 0.1) is 13.8 Å². The minimum absolute atomic E-state index is 0.0540. The fourth-order valence-corrected chi connectivity index (χ4v) is 11.0. The minimum atomic E-state index is -2.19. The van der Waals surface area contributed by atoms with Crippen molar-refractivity contribution in [2.45, 2.75) is 58.7 Å². The molecular formula is C27H38NO4P. The first-order valence-electron chi connectivity index (χ1n) is 12.0. The Morgan fingerprint density at radius 2 is 1.67 bits per heavy atom. The van der Waals surface area contributed by atoms with E-state index in [1.165, 1.54) is 6.42 Å². The van der Waals surface area contributed by atoms with Crippen molar-refractivity contribution < 1.29 is 19.1 Å². The molecule has 180 valence electrons. The van der Waals surface area contributed by atoms with Crippen molar-refractivity contribution in [2.24, 2.45) is 0 Å². The molecule has 1 aliphatic heterocycles. The Morgan fingerprint density at radius 1 is 1.03 bits per heavy atom. The zero-order valence-corrected chi connectivity index (χ0v) is 21.4. The first-order valence-corrected chi connectivity index (χ1v) is 14.7. The predicted octanol–water partition coefficient (Wildman–Crippen LogP) is 5.71. The third kappa shape index (κ3) is 6.35. The van der Waals surface area contributed by atoms with Crippen LogP contribution in [0.1, 0.15) is 49.3 Å². The van der Waals surface area contributed by atoms with E-state index >= 15 is 0 Å². The Hall–Kier alpha value is -2.39. The molecular weight excluding hydrogens is 433 g/mol. The zero-order chi connectivity index (χ0) is 23.8. The fourth-order valence-electron chi connectivity index (χ4n) is 5.33. The van der Waals surface area contributed by atoms with Crippen molar-refractivity contribution in [1.82, 2.24) is 0 Å². The molecule has 1 N–H and O–H groups in total. The van der Waals surface area contributed by atoms with Gasteiger partial charge < -0.3 is 0 Å². The molecule has 0 spiro atoms. The van der Waals surface area contributed by atoms with E-state index < -0.39 is 7.26 Å². The molecule has 2 aromatic carbocycles. The van der Waals surface area contributed by atoms with E-state index in [4.69, 9.17) is 9.47 Å². The molecule has 0 aliphatic carbocycles. The van der Waals surface area contributed by atoms with Gasteiger partial charge in [0.15, 0.2) is 0 Å². The number of rotatable bonds is 9. The molecule has 0 aromatic heterocycles. The molecule has 1 unspecified atom stereocenters. The Labute approximate surface area is 198 Å². The van der Waals surface area contributed by atoms with Crippen molar-refractivity contribution >= 4 is 24.8 Å². The number of anilines is 1. The molecule has 2 aromatic rings. The number of nitrogens with one attached hydrogen (secondary N) is 1. The summed E-state index contributed by atoms with van der Waals surface area (Å²) in [5.41, 5.74) is 3.70. The second-order valence-electron chi connectivity index (χ2n) is 9.33. The van der Waals surface area contributed by atoms with Gasteiger partial charge >= 0.3 is 198 Å². The van der Waals surface area contributed by atoms with Crippen LogP contribution >= 0.6 is 7.26 Å². The van der Waals surface area contributed by atoms with E-state index in [1.807, 2.05) is 56.3 Å². The van der Waals surface area contributed by atoms with Crippen molar-refractivity contribution in [3.63, 3.8) is 0 Å². The number of carbonyl (C=O) groups excluding carboxylic acids is 2. The Morgan fingerprint density at radius 3 is 2.24 bits per heavy atom. The van der Waals surface area contributed by atoms with Gasteiger partial charge in [-0.15, -0.1) is 0 Å². The molecule has 3 rings (SSSR count). The summed E-state index contributed by atoms with van der Waals surface area (Å²) in [4.78, 5) is 26.5. The van der Waals surface area contributed by atoms with Crippen LogP contribution in [0.5, 0.6) is 5.75 Å². The molecule has 1 atom stereocenters. The molecule has 1 fully saturated rings. The summed E-state index contributed by atoms with van der Waals surface area (Å²) in [6.07, 6.45) is 6.58. The van der Waals surface area contributed by atoms with E-state index in [-0.39, 0.29) is 24.1 Å². The third-order valence-electron chi connectivity index (χ3n) is 7.04. The summed E-state index contributed by atoms with van der Waals surface area (Å²) in [6, 6.07) is 13.6. The SMILES string of the molecule is CCC(C(=O)Nc1c(C)cc(OC)cc1C)[PH]1(CC(=O)OCc2ccccc2)CCCCC1. The van der Waals surface area contributed by atoms with E-state index in [1.54, 1.807) is 7.11 Å². The predicted molar refractivity (Wildman–Crippen MR) is 138 cm³/mol. The summed E-state index contributed by atoms with van der Waals surface area (Å²) >= 11 is 0. The number of aryl methyl sites for hydroxylation is 2. The molecule has 0 saturated carbocycles. The number of methoxy groups -OCH3 is 1. The molecule has 33 heavy (non-hydrogen) atoms. The van der Waals surface area contributed by atoms with E-state index in [0.29, 0.717) is 6.16 Å². The van der Waals surface area contributed by atoms with Crippen LogP contribution in [-0.2, 0) is 20.9 Å². The molecule has 1 aliphatic rings. The van der Waals surface area contributed by atoms with E-state index in [2.05, 4.69) is 12.2 Å². The number of amides is 1. The third-order valence-corrected chi connectivity index (χ3v) is 12.9. The number of carbonyl (C=O) groups is 2. The van der Waals surface area contributed by atoms with Crippen molar-refractivity contribution in [3.05, 3.63) is 59.2 Å². The van der Waals surface area contributed by atoms with Crippen molar-refractivity contribution in [1.29, 1.82) is 0 Å². The Kier molecular flexibility index (Phi) is 8.91. The van der Waals surface area contributed by atoms with Gasteiger partial charge in [0.1, 0.15) is 0 Å².